The van der Waals surface area contributed by atoms with Crippen LogP contribution in [0.2, 0.25) is 0 Å². The van der Waals surface area contributed by atoms with Crippen molar-refractivity contribution in [2.75, 3.05) is 26.2 Å². The number of benzene rings is 1. The number of hydrogen-bond acceptors (Lipinski definition) is 5. The summed E-state index contributed by atoms with van der Waals surface area (Å²) in [5, 5.41) is 5.01. The quantitative estimate of drug-likeness (QED) is 0.597. The second kappa shape index (κ2) is 8.93. The van der Waals surface area contributed by atoms with Gasteiger partial charge < -0.3 is 15.4 Å². The highest BCUT2D eigenvalue weighted by Gasteiger charge is 2.21. The van der Waals surface area contributed by atoms with Crippen LogP contribution in [0, 0.1) is 0 Å². The summed E-state index contributed by atoms with van der Waals surface area (Å²) in [6.07, 6.45) is 1.64. The topological polar surface area (TPSA) is 114 Å². The molecule has 0 radical (unpaired) electrons. The van der Waals surface area contributed by atoms with E-state index in [9.17, 15) is 18.0 Å². The van der Waals surface area contributed by atoms with E-state index in [1.165, 1.54) is 24.3 Å². The number of amides is 2. The van der Waals surface area contributed by atoms with E-state index in [1.807, 2.05) is 0 Å². The molecule has 0 spiro atoms. The molecule has 3 N–H and O–H groups in total. The minimum Gasteiger partial charge on any atom is -0.377 e. The number of carbonyl (C=O) groups excluding carboxylic acids is 2. The largest absolute Gasteiger partial charge is 0.377 e. The van der Waals surface area contributed by atoms with Crippen LogP contribution in [0.5, 0.6) is 0 Å². The second-order valence-electron chi connectivity index (χ2n) is 5.65. The zero-order valence-corrected chi connectivity index (χ0v) is 14.9. The third-order valence-electron chi connectivity index (χ3n) is 3.71. The van der Waals surface area contributed by atoms with E-state index in [0.29, 0.717) is 13.2 Å². The van der Waals surface area contributed by atoms with Crippen molar-refractivity contribution < 1.29 is 22.7 Å². The zero-order valence-electron chi connectivity index (χ0n) is 14.1. The van der Waals surface area contributed by atoms with Crippen LogP contribution in [0.4, 0.5) is 0 Å². The maximum absolute atomic E-state index is 12.4. The molecule has 0 bridgehead atoms. The monoisotopic (exact) mass is 369 g/mol. The van der Waals surface area contributed by atoms with E-state index in [2.05, 4.69) is 15.4 Å². The fourth-order valence-electron chi connectivity index (χ4n) is 2.42. The molecule has 8 nitrogen and oxygen atoms in total. The van der Waals surface area contributed by atoms with Crippen molar-refractivity contribution in [1.82, 2.24) is 15.4 Å². The average molecular weight is 369 g/mol. The van der Waals surface area contributed by atoms with E-state index in [0.717, 1.165) is 12.8 Å². The molecule has 1 heterocycles. The molecular weight excluding hydrogens is 346 g/mol. The van der Waals surface area contributed by atoms with Crippen LogP contribution in [0.25, 0.3) is 0 Å². The van der Waals surface area contributed by atoms with Crippen LogP contribution in [-0.4, -0.2) is 52.6 Å². The molecule has 0 saturated carbocycles. The molecule has 138 valence electrons. The molecule has 1 aromatic carbocycles. The summed E-state index contributed by atoms with van der Waals surface area (Å²) in [4.78, 5) is 23.4. The van der Waals surface area contributed by atoms with Crippen molar-refractivity contribution in [2.45, 2.75) is 30.8 Å². The van der Waals surface area contributed by atoms with Gasteiger partial charge in [-0.15, -0.1) is 0 Å². The second-order valence-corrected chi connectivity index (χ2v) is 7.42. The number of likely N-dealkylation sites (N-methyl/N-ethyl adjacent to an activating group) is 1. The standard InChI is InChI=1S/C16H23N3O5S/c1-2-17-15(20)11-18-16(21)12-5-3-7-14(9-12)25(22,23)19-10-13-6-4-8-24-13/h3,5,7,9,13,19H,2,4,6,8,10-11H2,1H3,(H,17,20)(H,18,21). The van der Waals surface area contributed by atoms with Gasteiger partial charge in [0.1, 0.15) is 0 Å². The average Bonchev–Trinajstić information content (AvgIpc) is 3.12. The first kappa shape index (κ1) is 19.4. The summed E-state index contributed by atoms with van der Waals surface area (Å²) in [5.41, 5.74) is 0.171. The van der Waals surface area contributed by atoms with Gasteiger partial charge in [0.05, 0.1) is 17.5 Å². The summed E-state index contributed by atoms with van der Waals surface area (Å²) in [6, 6.07) is 5.68. The molecule has 25 heavy (non-hydrogen) atoms. The normalized spacial score (nSPS) is 17.2. The number of sulfonamides is 1. The Kier molecular flexibility index (Phi) is 6.91. The van der Waals surface area contributed by atoms with Crippen LogP contribution in [0.1, 0.15) is 30.1 Å². The van der Waals surface area contributed by atoms with Gasteiger partial charge in [0.25, 0.3) is 5.91 Å². The van der Waals surface area contributed by atoms with Gasteiger partial charge in [-0.1, -0.05) is 6.07 Å². The van der Waals surface area contributed by atoms with Gasteiger partial charge in [0, 0.05) is 25.3 Å². The van der Waals surface area contributed by atoms with Gasteiger partial charge in [-0.2, -0.15) is 0 Å². The maximum Gasteiger partial charge on any atom is 0.251 e. The number of rotatable bonds is 8. The van der Waals surface area contributed by atoms with Crippen LogP contribution < -0.4 is 15.4 Å². The summed E-state index contributed by atoms with van der Waals surface area (Å²) < 4.78 is 32.6. The van der Waals surface area contributed by atoms with Gasteiger partial charge in [-0.3, -0.25) is 9.59 Å². The predicted octanol–water partition coefficient (Wildman–Crippen LogP) is 0.00980. The number of carbonyl (C=O) groups is 2. The molecule has 1 saturated heterocycles. The van der Waals surface area contributed by atoms with Crippen molar-refractivity contribution >= 4 is 21.8 Å². The Morgan fingerprint density at radius 1 is 1.28 bits per heavy atom. The Morgan fingerprint density at radius 3 is 2.76 bits per heavy atom. The molecule has 0 aromatic heterocycles. The van der Waals surface area contributed by atoms with Gasteiger partial charge in [0.2, 0.25) is 15.9 Å². The van der Waals surface area contributed by atoms with Crippen molar-refractivity contribution in [1.29, 1.82) is 0 Å². The van der Waals surface area contributed by atoms with E-state index in [-0.39, 0.29) is 35.6 Å². The zero-order chi connectivity index (χ0) is 18.3. The van der Waals surface area contributed by atoms with Gasteiger partial charge in [0.15, 0.2) is 0 Å². The number of nitrogens with one attached hydrogen (secondary N) is 3. The highest BCUT2D eigenvalue weighted by Crippen LogP contribution is 2.14. The molecular formula is C16H23N3O5S. The van der Waals surface area contributed by atoms with E-state index >= 15 is 0 Å². The Hall–Kier alpha value is -1.97. The van der Waals surface area contributed by atoms with Crippen LogP contribution in [0.3, 0.4) is 0 Å². The summed E-state index contributed by atoms with van der Waals surface area (Å²) in [6.45, 7) is 2.93. The van der Waals surface area contributed by atoms with Crippen molar-refractivity contribution in [2.24, 2.45) is 0 Å². The van der Waals surface area contributed by atoms with Crippen molar-refractivity contribution in [3.8, 4) is 0 Å². The molecule has 1 aliphatic heterocycles. The minimum absolute atomic E-state index is 0.00356. The molecule has 2 amide bonds. The molecule has 1 aliphatic rings. The van der Waals surface area contributed by atoms with Crippen LogP contribution in [0.15, 0.2) is 29.2 Å². The molecule has 9 heteroatoms. The van der Waals surface area contributed by atoms with Crippen LogP contribution in [-0.2, 0) is 19.6 Å². The lowest BCUT2D eigenvalue weighted by molar-refractivity contribution is -0.120. The minimum atomic E-state index is -3.73. The Bertz CT molecular complexity index is 714. The summed E-state index contributed by atoms with van der Waals surface area (Å²) in [7, 11) is -3.73. The fraction of sp³-hybridized carbons (Fsp3) is 0.500. The number of ether oxygens (including phenoxy) is 1. The lowest BCUT2D eigenvalue weighted by Gasteiger charge is -2.12. The lowest BCUT2D eigenvalue weighted by Crippen LogP contribution is -2.36. The Morgan fingerprint density at radius 2 is 2.08 bits per heavy atom. The third kappa shape index (κ3) is 5.80. The first-order valence-corrected chi connectivity index (χ1v) is 9.67. The Balaban J connectivity index is 1.98. The predicted molar refractivity (Wildman–Crippen MR) is 91.6 cm³/mol. The highest BCUT2D eigenvalue weighted by molar-refractivity contribution is 7.89. The summed E-state index contributed by atoms with van der Waals surface area (Å²) in [5.74, 6) is -0.819. The number of hydrogen-bond donors (Lipinski definition) is 3. The molecule has 2 rings (SSSR count). The Labute approximate surface area is 147 Å². The molecule has 0 aliphatic carbocycles. The molecule has 1 aromatic rings. The molecule has 1 atom stereocenters. The van der Waals surface area contributed by atoms with Gasteiger partial charge >= 0.3 is 0 Å². The van der Waals surface area contributed by atoms with Gasteiger partial charge in [-0.05, 0) is 38.0 Å². The fourth-order valence-corrected chi connectivity index (χ4v) is 3.53. The molecule has 1 fully saturated rings. The van der Waals surface area contributed by atoms with E-state index in [4.69, 9.17) is 4.74 Å². The van der Waals surface area contributed by atoms with Crippen LogP contribution >= 0.6 is 0 Å². The van der Waals surface area contributed by atoms with Crippen molar-refractivity contribution in [3.63, 3.8) is 0 Å². The first-order chi connectivity index (χ1) is 11.9. The van der Waals surface area contributed by atoms with Crippen molar-refractivity contribution in [3.05, 3.63) is 29.8 Å². The third-order valence-corrected chi connectivity index (χ3v) is 5.14. The molecule has 1 unspecified atom stereocenters. The lowest BCUT2D eigenvalue weighted by atomic mass is 10.2. The van der Waals surface area contributed by atoms with E-state index in [1.54, 1.807) is 6.92 Å². The summed E-state index contributed by atoms with van der Waals surface area (Å²) >= 11 is 0. The smallest absolute Gasteiger partial charge is 0.251 e. The maximum atomic E-state index is 12.4. The van der Waals surface area contributed by atoms with Gasteiger partial charge in [-0.25, -0.2) is 13.1 Å². The highest BCUT2D eigenvalue weighted by atomic mass is 32.2. The SMILES string of the molecule is CCNC(=O)CNC(=O)c1cccc(S(=O)(=O)NCC2CCCO2)c1. The first-order valence-electron chi connectivity index (χ1n) is 8.18. The van der Waals surface area contributed by atoms with E-state index < -0.39 is 15.9 Å².